The van der Waals surface area contributed by atoms with Crippen LogP contribution in [0.4, 0.5) is 0 Å². The van der Waals surface area contributed by atoms with Gasteiger partial charge in [0.05, 0.1) is 6.54 Å². The Labute approximate surface area is 110 Å². The SMILES string of the molecule is CC(C)Cn1c(CN)nc2c(=O)n(C)c(=O)n(C)c21. The van der Waals surface area contributed by atoms with E-state index in [1.807, 2.05) is 4.57 Å². The first kappa shape index (κ1) is 13.5. The van der Waals surface area contributed by atoms with E-state index in [0.29, 0.717) is 29.5 Å². The maximum atomic E-state index is 12.1. The summed E-state index contributed by atoms with van der Waals surface area (Å²) < 4.78 is 4.38. The summed E-state index contributed by atoms with van der Waals surface area (Å²) >= 11 is 0. The van der Waals surface area contributed by atoms with Gasteiger partial charge in [0.15, 0.2) is 5.52 Å². The molecule has 0 radical (unpaired) electrons. The first-order chi connectivity index (χ1) is 8.88. The molecule has 0 saturated heterocycles. The van der Waals surface area contributed by atoms with Crippen molar-refractivity contribution in [2.24, 2.45) is 25.7 Å². The number of nitrogens with two attached hydrogens (primary N) is 1. The van der Waals surface area contributed by atoms with Gasteiger partial charge in [0, 0.05) is 20.6 Å². The average Bonchev–Trinajstić information content (AvgIpc) is 2.71. The Balaban J connectivity index is 2.95. The van der Waals surface area contributed by atoms with Crippen molar-refractivity contribution in [1.29, 1.82) is 0 Å². The Hall–Kier alpha value is -1.89. The summed E-state index contributed by atoms with van der Waals surface area (Å²) in [5.41, 5.74) is 5.79. The molecule has 0 atom stereocenters. The first-order valence-electron chi connectivity index (χ1n) is 6.23. The van der Waals surface area contributed by atoms with Gasteiger partial charge in [-0.25, -0.2) is 9.78 Å². The van der Waals surface area contributed by atoms with E-state index in [0.717, 1.165) is 4.57 Å². The molecular weight excluding hydrogens is 246 g/mol. The molecule has 0 aromatic carbocycles. The summed E-state index contributed by atoms with van der Waals surface area (Å²) in [6.07, 6.45) is 0. The van der Waals surface area contributed by atoms with Crippen LogP contribution in [0.1, 0.15) is 19.7 Å². The van der Waals surface area contributed by atoms with Gasteiger partial charge in [-0.1, -0.05) is 13.8 Å². The third-order valence-electron chi connectivity index (χ3n) is 3.15. The highest BCUT2D eigenvalue weighted by molar-refractivity contribution is 5.70. The van der Waals surface area contributed by atoms with Crippen LogP contribution in [-0.4, -0.2) is 18.7 Å². The molecule has 7 heteroatoms. The Bertz CT molecular complexity index is 735. The zero-order chi connectivity index (χ0) is 14.3. The summed E-state index contributed by atoms with van der Waals surface area (Å²) in [6.45, 7) is 5.03. The second-order valence-electron chi connectivity index (χ2n) is 5.11. The lowest BCUT2D eigenvalue weighted by Crippen LogP contribution is -2.37. The Morgan fingerprint density at radius 2 is 1.84 bits per heavy atom. The van der Waals surface area contributed by atoms with E-state index in [9.17, 15) is 9.59 Å². The Kier molecular flexibility index (Phi) is 3.32. The van der Waals surface area contributed by atoms with E-state index in [2.05, 4.69) is 18.8 Å². The summed E-state index contributed by atoms with van der Waals surface area (Å²) in [5, 5.41) is 0. The minimum atomic E-state index is -0.379. The van der Waals surface area contributed by atoms with Crippen LogP contribution in [0.3, 0.4) is 0 Å². The quantitative estimate of drug-likeness (QED) is 0.814. The van der Waals surface area contributed by atoms with Gasteiger partial charge in [-0.05, 0) is 5.92 Å². The molecule has 0 saturated carbocycles. The minimum absolute atomic E-state index is 0.235. The van der Waals surface area contributed by atoms with E-state index in [1.165, 1.54) is 11.6 Å². The monoisotopic (exact) mass is 265 g/mol. The third kappa shape index (κ3) is 1.99. The van der Waals surface area contributed by atoms with Gasteiger partial charge < -0.3 is 10.3 Å². The molecule has 0 unspecified atom stereocenters. The van der Waals surface area contributed by atoms with Gasteiger partial charge in [0.1, 0.15) is 11.5 Å². The number of hydrogen-bond donors (Lipinski definition) is 1. The van der Waals surface area contributed by atoms with E-state index in [1.54, 1.807) is 7.05 Å². The molecule has 2 rings (SSSR count). The predicted octanol–water partition coefficient (Wildman–Crippen LogP) is -0.452. The van der Waals surface area contributed by atoms with Crippen LogP contribution in [0.2, 0.25) is 0 Å². The summed E-state index contributed by atoms with van der Waals surface area (Å²) in [4.78, 5) is 28.4. The van der Waals surface area contributed by atoms with E-state index < -0.39 is 0 Å². The lowest BCUT2D eigenvalue weighted by molar-refractivity contribution is 0.509. The van der Waals surface area contributed by atoms with Crippen molar-refractivity contribution in [2.45, 2.75) is 26.9 Å². The first-order valence-corrected chi connectivity index (χ1v) is 6.23. The normalized spacial score (nSPS) is 11.7. The number of nitrogens with zero attached hydrogens (tertiary/aromatic N) is 4. The number of rotatable bonds is 3. The lowest BCUT2D eigenvalue weighted by Gasteiger charge is -2.12. The molecule has 0 aliphatic carbocycles. The van der Waals surface area contributed by atoms with Crippen LogP contribution in [0.15, 0.2) is 9.59 Å². The van der Waals surface area contributed by atoms with Crippen LogP contribution >= 0.6 is 0 Å². The van der Waals surface area contributed by atoms with E-state index in [-0.39, 0.29) is 17.8 Å². The van der Waals surface area contributed by atoms with Crippen molar-refractivity contribution in [3.05, 3.63) is 26.7 Å². The fourth-order valence-electron chi connectivity index (χ4n) is 2.25. The second kappa shape index (κ2) is 4.65. The van der Waals surface area contributed by atoms with Crippen molar-refractivity contribution in [3.8, 4) is 0 Å². The molecule has 0 fully saturated rings. The van der Waals surface area contributed by atoms with Crippen molar-refractivity contribution < 1.29 is 0 Å². The second-order valence-corrected chi connectivity index (χ2v) is 5.11. The number of imidazole rings is 1. The summed E-state index contributed by atoms with van der Waals surface area (Å²) in [5.74, 6) is 0.990. The third-order valence-corrected chi connectivity index (χ3v) is 3.15. The molecule has 2 aromatic heterocycles. The molecule has 2 heterocycles. The van der Waals surface area contributed by atoms with Gasteiger partial charge in [0.25, 0.3) is 5.56 Å². The Morgan fingerprint density at radius 3 is 2.37 bits per heavy atom. The number of aryl methyl sites for hydroxylation is 1. The molecular formula is C12H19N5O2. The van der Waals surface area contributed by atoms with Gasteiger partial charge in [-0.3, -0.25) is 13.9 Å². The molecule has 0 spiro atoms. The highest BCUT2D eigenvalue weighted by Gasteiger charge is 2.18. The van der Waals surface area contributed by atoms with Gasteiger partial charge in [-0.15, -0.1) is 0 Å². The summed E-state index contributed by atoms with van der Waals surface area (Å²) in [6, 6.07) is 0. The van der Waals surface area contributed by atoms with Crippen molar-refractivity contribution in [1.82, 2.24) is 18.7 Å². The molecule has 0 aliphatic rings. The van der Waals surface area contributed by atoms with Crippen LogP contribution in [0, 0.1) is 5.92 Å². The number of aromatic nitrogens is 4. The van der Waals surface area contributed by atoms with E-state index in [4.69, 9.17) is 5.73 Å². The lowest BCUT2D eigenvalue weighted by atomic mass is 10.2. The number of fused-ring (bicyclic) bond motifs is 1. The highest BCUT2D eigenvalue weighted by atomic mass is 16.2. The molecule has 0 amide bonds. The molecule has 0 bridgehead atoms. The molecule has 7 nitrogen and oxygen atoms in total. The van der Waals surface area contributed by atoms with Crippen molar-refractivity contribution in [2.75, 3.05) is 0 Å². The standard InChI is InChI=1S/C12H19N5O2/c1-7(2)6-17-8(5-13)14-9-10(17)15(3)12(19)16(4)11(9)18/h7H,5-6,13H2,1-4H3. The van der Waals surface area contributed by atoms with E-state index >= 15 is 0 Å². The van der Waals surface area contributed by atoms with Gasteiger partial charge in [0.2, 0.25) is 0 Å². The molecule has 0 aliphatic heterocycles. The average molecular weight is 265 g/mol. The maximum Gasteiger partial charge on any atom is 0.332 e. The minimum Gasteiger partial charge on any atom is -0.324 e. The fraction of sp³-hybridized carbons (Fsp3) is 0.583. The largest absolute Gasteiger partial charge is 0.332 e. The smallest absolute Gasteiger partial charge is 0.324 e. The molecule has 104 valence electrons. The number of hydrogen-bond acceptors (Lipinski definition) is 4. The van der Waals surface area contributed by atoms with Crippen LogP contribution < -0.4 is 17.0 Å². The predicted molar refractivity (Wildman–Crippen MR) is 72.9 cm³/mol. The zero-order valence-corrected chi connectivity index (χ0v) is 11.7. The fourth-order valence-corrected chi connectivity index (χ4v) is 2.25. The topological polar surface area (TPSA) is 87.8 Å². The van der Waals surface area contributed by atoms with Gasteiger partial charge >= 0.3 is 5.69 Å². The molecule has 2 N–H and O–H groups in total. The van der Waals surface area contributed by atoms with Crippen molar-refractivity contribution in [3.63, 3.8) is 0 Å². The zero-order valence-electron chi connectivity index (χ0n) is 11.7. The summed E-state index contributed by atoms with van der Waals surface area (Å²) in [7, 11) is 3.09. The van der Waals surface area contributed by atoms with Crippen LogP contribution in [0.25, 0.3) is 11.2 Å². The highest BCUT2D eigenvalue weighted by Crippen LogP contribution is 2.13. The van der Waals surface area contributed by atoms with Crippen molar-refractivity contribution >= 4 is 11.2 Å². The maximum absolute atomic E-state index is 12.1. The molecule has 19 heavy (non-hydrogen) atoms. The Morgan fingerprint density at radius 1 is 1.21 bits per heavy atom. The van der Waals surface area contributed by atoms with Crippen LogP contribution in [-0.2, 0) is 27.2 Å². The van der Waals surface area contributed by atoms with Crippen LogP contribution in [0.5, 0.6) is 0 Å². The molecule has 2 aromatic rings. The van der Waals surface area contributed by atoms with Gasteiger partial charge in [-0.2, -0.15) is 0 Å².